The Morgan fingerprint density at radius 2 is 1.69 bits per heavy atom. The summed E-state index contributed by atoms with van der Waals surface area (Å²) >= 11 is 0. The summed E-state index contributed by atoms with van der Waals surface area (Å²) in [6.07, 6.45) is -1.39. The maximum absolute atomic E-state index is 12.8. The zero-order valence-corrected chi connectivity index (χ0v) is 15.5. The summed E-state index contributed by atoms with van der Waals surface area (Å²) < 4.78 is 5.40. The standard InChI is InChI=1S/C20H18N4O5/c1-2-21-20(28)22-18(26)16(12-8-4-3-5-9-12)29-19(27)15-13-10-6-7-11-14(13)17(25)24-23-15/h3-11,16H,2H2,1H3,(H,24,25)(H2,21,22,26,28). The highest BCUT2D eigenvalue weighted by Crippen LogP contribution is 2.21. The lowest BCUT2D eigenvalue weighted by Crippen LogP contribution is -2.42. The van der Waals surface area contributed by atoms with E-state index < -0.39 is 29.6 Å². The highest BCUT2D eigenvalue weighted by molar-refractivity contribution is 6.04. The number of aromatic nitrogens is 2. The summed E-state index contributed by atoms with van der Waals surface area (Å²) in [5.41, 5.74) is -0.228. The molecule has 1 unspecified atom stereocenters. The molecule has 1 aromatic heterocycles. The molecule has 0 spiro atoms. The minimum atomic E-state index is -1.39. The van der Waals surface area contributed by atoms with Crippen LogP contribution in [0.1, 0.15) is 29.1 Å². The number of carbonyl (C=O) groups excluding carboxylic acids is 3. The van der Waals surface area contributed by atoms with E-state index in [4.69, 9.17) is 4.74 Å². The second kappa shape index (κ2) is 8.79. The first-order valence-electron chi connectivity index (χ1n) is 8.83. The van der Waals surface area contributed by atoms with Gasteiger partial charge in [-0.3, -0.25) is 14.9 Å². The van der Waals surface area contributed by atoms with Crippen LogP contribution >= 0.6 is 0 Å². The van der Waals surface area contributed by atoms with Gasteiger partial charge in [-0.25, -0.2) is 14.7 Å². The molecule has 3 rings (SSSR count). The molecular formula is C20H18N4O5. The number of fused-ring (bicyclic) bond motifs is 1. The fourth-order valence-electron chi connectivity index (χ4n) is 2.72. The summed E-state index contributed by atoms with van der Waals surface area (Å²) in [4.78, 5) is 49.0. The Morgan fingerprint density at radius 1 is 1.03 bits per heavy atom. The quantitative estimate of drug-likeness (QED) is 0.564. The Bertz CT molecular complexity index is 1110. The topological polar surface area (TPSA) is 130 Å². The predicted molar refractivity (Wildman–Crippen MR) is 104 cm³/mol. The van der Waals surface area contributed by atoms with Gasteiger partial charge in [-0.2, -0.15) is 5.10 Å². The summed E-state index contributed by atoms with van der Waals surface area (Å²) in [5, 5.41) is 11.1. The number of H-pyrrole nitrogens is 1. The number of nitrogens with one attached hydrogen (secondary N) is 3. The van der Waals surface area contributed by atoms with Gasteiger partial charge in [0.2, 0.25) is 6.10 Å². The maximum Gasteiger partial charge on any atom is 0.360 e. The first-order chi connectivity index (χ1) is 14.0. The Morgan fingerprint density at radius 3 is 2.38 bits per heavy atom. The van der Waals surface area contributed by atoms with Crippen LogP contribution in [-0.2, 0) is 9.53 Å². The molecule has 0 fully saturated rings. The predicted octanol–water partition coefficient (Wildman–Crippen LogP) is 1.67. The Balaban J connectivity index is 1.93. The lowest BCUT2D eigenvalue weighted by Gasteiger charge is -2.17. The summed E-state index contributed by atoms with van der Waals surface area (Å²) in [5.74, 6) is -1.73. The van der Waals surface area contributed by atoms with Crippen molar-refractivity contribution in [1.82, 2.24) is 20.8 Å². The van der Waals surface area contributed by atoms with E-state index in [1.165, 1.54) is 0 Å². The van der Waals surface area contributed by atoms with Crippen LogP contribution in [0.2, 0.25) is 0 Å². The normalized spacial score (nSPS) is 11.5. The van der Waals surface area contributed by atoms with Crippen LogP contribution in [0.5, 0.6) is 0 Å². The van der Waals surface area contributed by atoms with Gasteiger partial charge in [0, 0.05) is 17.5 Å². The molecule has 0 aliphatic carbocycles. The molecule has 1 heterocycles. The van der Waals surface area contributed by atoms with Crippen molar-refractivity contribution in [2.24, 2.45) is 0 Å². The Kier molecular flexibility index (Phi) is 5.98. The van der Waals surface area contributed by atoms with Gasteiger partial charge in [-0.15, -0.1) is 0 Å². The third kappa shape index (κ3) is 4.46. The number of rotatable bonds is 5. The van der Waals surface area contributed by atoms with Crippen molar-refractivity contribution in [2.75, 3.05) is 6.54 Å². The van der Waals surface area contributed by atoms with Gasteiger partial charge >= 0.3 is 12.0 Å². The molecule has 3 N–H and O–H groups in total. The Labute approximate surface area is 165 Å². The van der Waals surface area contributed by atoms with E-state index in [1.807, 2.05) is 0 Å². The number of imide groups is 1. The van der Waals surface area contributed by atoms with Crippen molar-refractivity contribution >= 4 is 28.7 Å². The maximum atomic E-state index is 12.8. The van der Waals surface area contributed by atoms with E-state index in [1.54, 1.807) is 61.5 Å². The molecule has 0 saturated carbocycles. The van der Waals surface area contributed by atoms with Crippen molar-refractivity contribution in [1.29, 1.82) is 0 Å². The average Bonchev–Trinajstić information content (AvgIpc) is 2.73. The van der Waals surface area contributed by atoms with Crippen LogP contribution < -0.4 is 16.2 Å². The molecule has 0 bridgehead atoms. The molecule has 148 valence electrons. The molecular weight excluding hydrogens is 376 g/mol. The SMILES string of the molecule is CCNC(=O)NC(=O)C(OC(=O)c1n[nH]c(=O)c2ccccc12)c1ccccc1. The van der Waals surface area contributed by atoms with Gasteiger partial charge in [0.15, 0.2) is 5.69 Å². The summed E-state index contributed by atoms with van der Waals surface area (Å²) in [7, 11) is 0. The van der Waals surface area contributed by atoms with E-state index in [0.717, 1.165) is 0 Å². The lowest BCUT2D eigenvalue weighted by atomic mass is 10.1. The third-order valence-electron chi connectivity index (χ3n) is 4.03. The number of nitrogens with zero attached hydrogens (tertiary/aromatic N) is 1. The van der Waals surface area contributed by atoms with Crippen molar-refractivity contribution in [3.63, 3.8) is 0 Å². The van der Waals surface area contributed by atoms with E-state index in [-0.39, 0.29) is 16.5 Å². The molecule has 0 radical (unpaired) electrons. The molecule has 0 saturated heterocycles. The molecule has 9 nitrogen and oxygen atoms in total. The number of hydrogen-bond acceptors (Lipinski definition) is 6. The number of ether oxygens (including phenoxy) is 1. The molecule has 29 heavy (non-hydrogen) atoms. The number of amides is 3. The third-order valence-corrected chi connectivity index (χ3v) is 4.03. The summed E-state index contributed by atoms with van der Waals surface area (Å²) in [6.45, 7) is 2.02. The van der Waals surface area contributed by atoms with Gasteiger partial charge in [0.1, 0.15) is 0 Å². The van der Waals surface area contributed by atoms with Gasteiger partial charge in [-0.1, -0.05) is 48.5 Å². The smallest absolute Gasteiger partial charge is 0.360 e. The van der Waals surface area contributed by atoms with E-state index in [2.05, 4.69) is 20.8 Å². The van der Waals surface area contributed by atoms with Crippen LogP contribution in [0.15, 0.2) is 59.4 Å². The molecule has 1 atom stereocenters. The van der Waals surface area contributed by atoms with Crippen molar-refractivity contribution in [3.8, 4) is 0 Å². The highest BCUT2D eigenvalue weighted by atomic mass is 16.5. The summed E-state index contributed by atoms with van der Waals surface area (Å²) in [6, 6.07) is 14.0. The van der Waals surface area contributed by atoms with Crippen LogP contribution in [0, 0.1) is 0 Å². The number of benzene rings is 2. The molecule has 3 amide bonds. The molecule has 2 aromatic carbocycles. The minimum Gasteiger partial charge on any atom is -0.442 e. The molecule has 3 aromatic rings. The van der Waals surface area contributed by atoms with E-state index >= 15 is 0 Å². The van der Waals surface area contributed by atoms with Crippen molar-refractivity contribution in [3.05, 3.63) is 76.2 Å². The first-order valence-corrected chi connectivity index (χ1v) is 8.83. The molecule has 9 heteroatoms. The molecule has 0 aliphatic rings. The minimum absolute atomic E-state index is 0.146. The average molecular weight is 394 g/mol. The number of esters is 1. The number of aromatic amines is 1. The van der Waals surface area contributed by atoms with Crippen molar-refractivity contribution < 1.29 is 19.1 Å². The van der Waals surface area contributed by atoms with E-state index in [9.17, 15) is 19.2 Å². The van der Waals surface area contributed by atoms with E-state index in [0.29, 0.717) is 12.1 Å². The first kappa shape index (κ1) is 19.7. The largest absolute Gasteiger partial charge is 0.442 e. The van der Waals surface area contributed by atoms with Crippen LogP contribution in [-0.4, -0.2) is 34.6 Å². The van der Waals surface area contributed by atoms with Crippen LogP contribution in [0.3, 0.4) is 0 Å². The zero-order valence-electron chi connectivity index (χ0n) is 15.5. The monoisotopic (exact) mass is 394 g/mol. The number of carbonyl (C=O) groups is 3. The fourth-order valence-corrected chi connectivity index (χ4v) is 2.72. The highest BCUT2D eigenvalue weighted by Gasteiger charge is 2.28. The van der Waals surface area contributed by atoms with Gasteiger partial charge < -0.3 is 10.1 Å². The second-order valence-corrected chi connectivity index (χ2v) is 5.99. The van der Waals surface area contributed by atoms with Gasteiger partial charge in [0.25, 0.3) is 11.5 Å². The van der Waals surface area contributed by atoms with Gasteiger partial charge in [-0.05, 0) is 13.0 Å². The van der Waals surface area contributed by atoms with Gasteiger partial charge in [0.05, 0.1) is 5.39 Å². The number of hydrogen-bond donors (Lipinski definition) is 3. The second-order valence-electron chi connectivity index (χ2n) is 5.99. The van der Waals surface area contributed by atoms with Crippen molar-refractivity contribution in [2.45, 2.75) is 13.0 Å². The Hall–Kier alpha value is -4.01. The van der Waals surface area contributed by atoms with Crippen LogP contribution in [0.4, 0.5) is 4.79 Å². The zero-order chi connectivity index (χ0) is 20.8. The lowest BCUT2D eigenvalue weighted by molar-refractivity contribution is -0.129. The molecule has 0 aliphatic heterocycles. The number of urea groups is 1. The fraction of sp³-hybridized carbons (Fsp3) is 0.150. The van der Waals surface area contributed by atoms with Crippen LogP contribution in [0.25, 0.3) is 10.8 Å².